The number of ether oxygens (including phenoxy) is 2. The highest BCUT2D eigenvalue weighted by Crippen LogP contribution is 2.30. The van der Waals surface area contributed by atoms with E-state index in [2.05, 4.69) is 21.4 Å². The zero-order valence-corrected chi connectivity index (χ0v) is 20.0. The predicted octanol–water partition coefficient (Wildman–Crippen LogP) is 5.06. The van der Waals surface area contributed by atoms with Gasteiger partial charge in [0.25, 0.3) is 11.5 Å². The number of allylic oxidation sites excluding steroid dienone is 1. The van der Waals surface area contributed by atoms with Gasteiger partial charge in [-0.05, 0) is 61.0 Å². The molecule has 9 heteroatoms. The number of H-pyrrole nitrogens is 1. The van der Waals surface area contributed by atoms with Crippen LogP contribution < -0.4 is 20.3 Å². The predicted molar refractivity (Wildman–Crippen MR) is 139 cm³/mol. The van der Waals surface area contributed by atoms with E-state index in [4.69, 9.17) is 21.1 Å². The molecule has 8 nitrogen and oxygen atoms in total. The second kappa shape index (κ2) is 11.2. The number of rotatable bonds is 8. The smallest absolute Gasteiger partial charge is 0.262 e. The fraction of sp³-hybridized carbons (Fsp3) is 0.111. The van der Waals surface area contributed by atoms with Gasteiger partial charge in [0.2, 0.25) is 0 Å². The fourth-order valence-corrected chi connectivity index (χ4v) is 3.63. The van der Waals surface area contributed by atoms with Crippen LogP contribution in [0.1, 0.15) is 18.3 Å². The average molecular weight is 501 g/mol. The number of para-hydroxylation sites is 1. The Hall–Kier alpha value is -4.61. The number of benzene rings is 3. The number of aromatic nitrogens is 2. The monoisotopic (exact) mass is 500 g/mol. The molecule has 36 heavy (non-hydrogen) atoms. The molecular formula is C27H21ClN4O4. The van der Waals surface area contributed by atoms with Crippen LogP contribution in [0.3, 0.4) is 0 Å². The first kappa shape index (κ1) is 24.5. The number of carbonyl (C=O) groups is 1. The summed E-state index contributed by atoms with van der Waals surface area (Å²) in [6.45, 7) is 1.94. The summed E-state index contributed by atoms with van der Waals surface area (Å²) < 4.78 is 11.4. The maximum absolute atomic E-state index is 12.4. The molecule has 0 saturated heterocycles. The van der Waals surface area contributed by atoms with Crippen molar-refractivity contribution in [3.8, 4) is 17.6 Å². The van der Waals surface area contributed by atoms with E-state index in [0.717, 1.165) is 0 Å². The standard InChI is InChI=1S/C27H21ClN4O4/c1-2-35-24-13-17(10-11-23(24)36-16-25(33)30-20-7-5-6-19(28)14-20)12-18(15-29)26-31-22-9-4-3-8-21(22)27(34)32-26/h3-14H,2,16H2,1H3,(H,30,33)(H,31,32,34). The van der Waals surface area contributed by atoms with Gasteiger partial charge in [0.15, 0.2) is 23.9 Å². The van der Waals surface area contributed by atoms with E-state index in [9.17, 15) is 14.9 Å². The van der Waals surface area contributed by atoms with Gasteiger partial charge >= 0.3 is 0 Å². The lowest BCUT2D eigenvalue weighted by molar-refractivity contribution is -0.118. The van der Waals surface area contributed by atoms with E-state index in [1.165, 1.54) is 0 Å². The van der Waals surface area contributed by atoms with Crippen LogP contribution in [0.5, 0.6) is 11.5 Å². The zero-order valence-electron chi connectivity index (χ0n) is 19.2. The summed E-state index contributed by atoms with van der Waals surface area (Å²) in [5.41, 5.74) is 1.53. The van der Waals surface area contributed by atoms with Crippen molar-refractivity contribution in [3.63, 3.8) is 0 Å². The Labute approximate surface area is 211 Å². The Morgan fingerprint density at radius 1 is 1.11 bits per heavy atom. The molecule has 3 aromatic carbocycles. The van der Waals surface area contributed by atoms with Gasteiger partial charge in [-0.2, -0.15) is 5.26 Å². The van der Waals surface area contributed by atoms with E-state index in [1.54, 1.807) is 72.8 Å². The number of nitrogens with zero attached hydrogens (tertiary/aromatic N) is 2. The normalized spacial score (nSPS) is 11.1. The quantitative estimate of drug-likeness (QED) is 0.327. The Balaban J connectivity index is 1.55. The molecule has 0 fully saturated rings. The van der Waals surface area contributed by atoms with Crippen molar-refractivity contribution in [2.45, 2.75) is 6.92 Å². The number of anilines is 1. The Morgan fingerprint density at radius 3 is 2.72 bits per heavy atom. The van der Waals surface area contributed by atoms with Crippen LogP contribution in [-0.2, 0) is 4.79 Å². The van der Waals surface area contributed by atoms with Crippen molar-refractivity contribution in [1.29, 1.82) is 5.26 Å². The molecule has 1 aromatic heterocycles. The summed E-state index contributed by atoms with van der Waals surface area (Å²) in [4.78, 5) is 31.8. The molecular weight excluding hydrogens is 480 g/mol. The molecule has 0 aliphatic carbocycles. The van der Waals surface area contributed by atoms with Crippen molar-refractivity contribution in [2.75, 3.05) is 18.5 Å². The maximum atomic E-state index is 12.4. The number of hydrogen-bond acceptors (Lipinski definition) is 6. The van der Waals surface area contributed by atoms with Gasteiger partial charge < -0.3 is 19.8 Å². The topological polar surface area (TPSA) is 117 Å². The maximum Gasteiger partial charge on any atom is 0.262 e. The molecule has 0 aliphatic rings. The summed E-state index contributed by atoms with van der Waals surface area (Å²) in [7, 11) is 0. The highest BCUT2D eigenvalue weighted by molar-refractivity contribution is 6.30. The molecule has 0 radical (unpaired) electrons. The number of nitrogens with one attached hydrogen (secondary N) is 2. The Morgan fingerprint density at radius 2 is 1.94 bits per heavy atom. The third-order valence-electron chi connectivity index (χ3n) is 5.03. The van der Waals surface area contributed by atoms with Crippen LogP contribution in [0.2, 0.25) is 5.02 Å². The molecule has 1 amide bonds. The number of carbonyl (C=O) groups excluding carboxylic acids is 1. The van der Waals surface area contributed by atoms with Crippen molar-refractivity contribution in [1.82, 2.24) is 9.97 Å². The molecule has 0 bridgehead atoms. The van der Waals surface area contributed by atoms with E-state index in [1.807, 2.05) is 6.92 Å². The highest BCUT2D eigenvalue weighted by atomic mass is 35.5. The minimum atomic E-state index is -0.359. The molecule has 4 aromatic rings. The number of fused-ring (bicyclic) bond motifs is 1. The minimum Gasteiger partial charge on any atom is -0.490 e. The van der Waals surface area contributed by atoms with Gasteiger partial charge in [-0.15, -0.1) is 0 Å². The molecule has 1 heterocycles. The van der Waals surface area contributed by atoms with Crippen molar-refractivity contribution >= 4 is 45.7 Å². The summed E-state index contributed by atoms with van der Waals surface area (Å²) >= 11 is 5.95. The minimum absolute atomic E-state index is 0.164. The van der Waals surface area contributed by atoms with Gasteiger partial charge in [-0.1, -0.05) is 35.9 Å². The number of halogens is 1. The third-order valence-corrected chi connectivity index (χ3v) is 5.27. The SMILES string of the molecule is CCOc1cc(C=C(C#N)c2nc3ccccc3c(=O)[nH]2)ccc1OCC(=O)Nc1cccc(Cl)c1. The second-order valence-electron chi connectivity index (χ2n) is 7.59. The van der Waals surface area contributed by atoms with Crippen LogP contribution in [0.15, 0.2) is 71.5 Å². The van der Waals surface area contributed by atoms with Gasteiger partial charge in [0.05, 0.1) is 23.1 Å². The first-order valence-corrected chi connectivity index (χ1v) is 11.4. The van der Waals surface area contributed by atoms with Gasteiger partial charge in [-0.25, -0.2) is 4.98 Å². The second-order valence-corrected chi connectivity index (χ2v) is 8.02. The molecule has 0 spiro atoms. The lowest BCUT2D eigenvalue weighted by atomic mass is 10.1. The molecule has 0 unspecified atom stereocenters. The molecule has 0 aliphatic heterocycles. The van der Waals surface area contributed by atoms with Crippen LogP contribution in [0.25, 0.3) is 22.6 Å². The highest BCUT2D eigenvalue weighted by Gasteiger charge is 2.12. The number of amides is 1. The van der Waals surface area contributed by atoms with Gasteiger partial charge in [-0.3, -0.25) is 9.59 Å². The third kappa shape index (κ3) is 5.90. The molecule has 0 saturated carbocycles. The lowest BCUT2D eigenvalue weighted by Gasteiger charge is -2.13. The molecule has 180 valence electrons. The lowest BCUT2D eigenvalue weighted by Crippen LogP contribution is -2.20. The first-order valence-electron chi connectivity index (χ1n) is 11.0. The van der Waals surface area contributed by atoms with Crippen LogP contribution >= 0.6 is 11.6 Å². The molecule has 2 N–H and O–H groups in total. The van der Waals surface area contributed by atoms with Crippen LogP contribution in [0.4, 0.5) is 5.69 Å². The van der Waals surface area contributed by atoms with Gasteiger partial charge in [0.1, 0.15) is 6.07 Å². The first-order chi connectivity index (χ1) is 17.5. The zero-order chi connectivity index (χ0) is 25.5. The molecule has 4 rings (SSSR count). The Bertz CT molecular complexity index is 1560. The van der Waals surface area contributed by atoms with Gasteiger partial charge in [0, 0.05) is 10.7 Å². The number of nitriles is 1. The Kier molecular flexibility index (Phi) is 7.63. The van der Waals surface area contributed by atoms with E-state index < -0.39 is 0 Å². The summed E-state index contributed by atoms with van der Waals surface area (Å²) in [5.74, 6) is 0.573. The molecule has 0 atom stereocenters. The van der Waals surface area contributed by atoms with Crippen LogP contribution in [-0.4, -0.2) is 29.1 Å². The van der Waals surface area contributed by atoms with E-state index in [0.29, 0.717) is 45.3 Å². The number of hydrogen-bond donors (Lipinski definition) is 2. The number of aromatic amines is 1. The largest absolute Gasteiger partial charge is 0.490 e. The fourth-order valence-electron chi connectivity index (χ4n) is 3.44. The summed E-state index contributed by atoms with van der Waals surface area (Å²) in [6.07, 6.45) is 1.59. The summed E-state index contributed by atoms with van der Waals surface area (Å²) in [5, 5.41) is 13.4. The van der Waals surface area contributed by atoms with Crippen molar-refractivity contribution < 1.29 is 14.3 Å². The van der Waals surface area contributed by atoms with E-state index in [-0.39, 0.29) is 29.5 Å². The average Bonchev–Trinajstić information content (AvgIpc) is 2.87. The summed E-state index contributed by atoms with van der Waals surface area (Å²) in [6, 6.07) is 20.8. The van der Waals surface area contributed by atoms with Crippen LogP contribution in [0, 0.1) is 11.3 Å². The van der Waals surface area contributed by atoms with Crippen molar-refractivity contribution in [3.05, 3.63) is 93.5 Å². The van der Waals surface area contributed by atoms with E-state index >= 15 is 0 Å². The van der Waals surface area contributed by atoms with Crippen molar-refractivity contribution in [2.24, 2.45) is 0 Å².